The number of amides is 1. The third-order valence-corrected chi connectivity index (χ3v) is 5.66. The number of halogens is 3. The number of alkyl halides is 3. The molecular weight excluding hydrogens is 457 g/mol. The van der Waals surface area contributed by atoms with Crippen molar-refractivity contribution in [2.75, 3.05) is 5.32 Å². The summed E-state index contributed by atoms with van der Waals surface area (Å²) in [5.74, 6) is 0.0205. The molecule has 0 heterocycles. The van der Waals surface area contributed by atoms with E-state index in [0.717, 1.165) is 37.0 Å². The molecule has 5 nitrogen and oxygen atoms in total. The van der Waals surface area contributed by atoms with Crippen molar-refractivity contribution in [2.24, 2.45) is 5.16 Å². The monoisotopic (exact) mass is 492 g/mol. The van der Waals surface area contributed by atoms with Crippen molar-refractivity contribution in [3.63, 3.8) is 0 Å². The predicted octanol–water partition coefficient (Wildman–Crippen LogP) is 8.59. The van der Waals surface area contributed by atoms with Crippen LogP contribution >= 0.6 is 0 Å². The lowest BCUT2D eigenvalue weighted by Gasteiger charge is -2.11. The number of benzene rings is 2. The minimum atomic E-state index is -4.52. The van der Waals surface area contributed by atoms with Gasteiger partial charge in [-0.15, -0.1) is 0 Å². The summed E-state index contributed by atoms with van der Waals surface area (Å²) < 4.78 is 38.7. The van der Waals surface area contributed by atoms with Gasteiger partial charge in [0, 0.05) is 11.3 Å². The maximum atomic E-state index is 12.9. The number of nitrogens with zero attached hydrogens (tertiary/aromatic N) is 1. The molecule has 0 aliphatic rings. The van der Waals surface area contributed by atoms with Crippen molar-refractivity contribution in [1.29, 1.82) is 0 Å². The Hall–Kier alpha value is -3.03. The second-order valence-corrected chi connectivity index (χ2v) is 8.72. The molecule has 0 aliphatic heterocycles. The molecular formula is C27H35F3N2O3. The van der Waals surface area contributed by atoms with Gasteiger partial charge in [-0.3, -0.25) is 10.2 Å². The second-order valence-electron chi connectivity index (χ2n) is 8.72. The Kier molecular flexibility index (Phi) is 11.6. The summed E-state index contributed by atoms with van der Waals surface area (Å²) in [4.78, 5) is 17.2. The van der Waals surface area contributed by atoms with Crippen LogP contribution in [0.2, 0.25) is 0 Å². The molecule has 0 aliphatic carbocycles. The highest BCUT2D eigenvalue weighted by Gasteiger charge is 2.30. The van der Waals surface area contributed by atoms with E-state index in [-0.39, 0.29) is 11.4 Å². The number of rotatable bonds is 13. The van der Waals surface area contributed by atoms with E-state index < -0.39 is 17.8 Å². The van der Waals surface area contributed by atoms with Crippen LogP contribution in [-0.4, -0.2) is 16.9 Å². The fourth-order valence-electron chi connectivity index (χ4n) is 3.72. The quantitative estimate of drug-likeness (QED) is 0.127. The summed E-state index contributed by atoms with van der Waals surface area (Å²) in [6.07, 6.45) is 5.27. The van der Waals surface area contributed by atoms with Gasteiger partial charge in [-0.25, -0.2) is 4.79 Å². The summed E-state index contributed by atoms with van der Waals surface area (Å²) >= 11 is 0. The number of aryl methyl sites for hydroxylation is 1. The molecule has 2 N–H and O–H groups in total. The van der Waals surface area contributed by atoms with Gasteiger partial charge < -0.3 is 5.11 Å². The number of hydrogen-bond acceptors (Lipinski definition) is 4. The first-order chi connectivity index (χ1) is 16.7. The van der Waals surface area contributed by atoms with E-state index in [0.29, 0.717) is 17.7 Å². The molecule has 0 spiro atoms. The number of nitrogens with one attached hydrogen (secondary N) is 1. The van der Waals surface area contributed by atoms with Crippen LogP contribution in [0.5, 0.6) is 5.75 Å². The smallest absolute Gasteiger partial charge is 0.437 e. The molecule has 0 unspecified atom stereocenters. The Morgan fingerprint density at radius 1 is 0.971 bits per heavy atom. The van der Waals surface area contributed by atoms with Crippen molar-refractivity contribution in [3.05, 3.63) is 59.2 Å². The molecule has 0 bridgehead atoms. The van der Waals surface area contributed by atoms with Gasteiger partial charge >= 0.3 is 12.3 Å². The second kappa shape index (κ2) is 14.4. The van der Waals surface area contributed by atoms with Gasteiger partial charge in [-0.2, -0.15) is 13.2 Å². The van der Waals surface area contributed by atoms with Crippen molar-refractivity contribution in [3.8, 4) is 5.75 Å². The Labute approximate surface area is 205 Å². The molecule has 0 aromatic heterocycles. The van der Waals surface area contributed by atoms with Gasteiger partial charge in [0.05, 0.1) is 11.3 Å². The number of unbranched alkanes of at least 4 members (excludes halogenated alkanes) is 8. The molecule has 0 atom stereocenters. The van der Waals surface area contributed by atoms with Gasteiger partial charge in [-0.1, -0.05) is 81.1 Å². The zero-order chi connectivity index (χ0) is 25.7. The average Bonchev–Trinajstić information content (AvgIpc) is 2.81. The number of carbonyl (C=O) groups is 1. The Balaban J connectivity index is 1.98. The zero-order valence-corrected chi connectivity index (χ0v) is 20.5. The molecule has 192 valence electrons. The highest BCUT2D eigenvalue weighted by atomic mass is 19.4. The zero-order valence-electron chi connectivity index (χ0n) is 20.5. The van der Waals surface area contributed by atoms with E-state index in [2.05, 4.69) is 17.4 Å². The first-order valence-corrected chi connectivity index (χ1v) is 12.2. The molecule has 2 rings (SSSR count). The largest absolute Gasteiger partial charge is 0.507 e. The van der Waals surface area contributed by atoms with E-state index in [4.69, 9.17) is 4.84 Å². The number of carbonyl (C=O) groups excluding carboxylic acids is 1. The van der Waals surface area contributed by atoms with Crippen LogP contribution in [0.25, 0.3) is 0 Å². The Morgan fingerprint density at radius 3 is 2.29 bits per heavy atom. The highest BCUT2D eigenvalue weighted by molar-refractivity contribution is 6.03. The van der Waals surface area contributed by atoms with E-state index in [1.54, 1.807) is 18.2 Å². The van der Waals surface area contributed by atoms with Crippen molar-refractivity contribution >= 4 is 17.5 Å². The molecule has 35 heavy (non-hydrogen) atoms. The lowest BCUT2D eigenvalue weighted by Crippen LogP contribution is -2.14. The van der Waals surface area contributed by atoms with Crippen LogP contribution in [0.15, 0.2) is 47.6 Å². The van der Waals surface area contributed by atoms with Gasteiger partial charge in [0.1, 0.15) is 5.75 Å². The molecule has 1 amide bonds. The third kappa shape index (κ3) is 10.4. The number of aromatic hydroxyl groups is 1. The standard InChI is InChI=1S/C27H35F3N2O3/c1-3-4-5-6-7-8-9-10-11-15-24(23-18-20(2)16-17-25(23)33)32-35-26(34)31-22-14-12-13-21(19-22)27(28,29)30/h12-14,16-19,33H,3-11,15H2,1-2H3,(H,31,34)/b32-24+. The van der Waals surface area contributed by atoms with E-state index >= 15 is 0 Å². The minimum Gasteiger partial charge on any atom is -0.507 e. The topological polar surface area (TPSA) is 70.9 Å². The highest BCUT2D eigenvalue weighted by Crippen LogP contribution is 2.30. The summed E-state index contributed by atoms with van der Waals surface area (Å²) in [6, 6.07) is 9.34. The van der Waals surface area contributed by atoms with Crippen LogP contribution in [0.3, 0.4) is 0 Å². The number of anilines is 1. The average molecular weight is 493 g/mol. The third-order valence-electron chi connectivity index (χ3n) is 5.66. The summed E-state index contributed by atoms with van der Waals surface area (Å²) in [6.45, 7) is 4.07. The van der Waals surface area contributed by atoms with Crippen molar-refractivity contribution in [1.82, 2.24) is 0 Å². The molecule has 0 saturated heterocycles. The van der Waals surface area contributed by atoms with E-state index in [1.165, 1.54) is 50.7 Å². The Morgan fingerprint density at radius 2 is 1.63 bits per heavy atom. The molecule has 2 aromatic rings. The van der Waals surface area contributed by atoms with Gasteiger partial charge in [-0.05, 0) is 50.1 Å². The maximum Gasteiger partial charge on any atom is 0.437 e. The van der Waals surface area contributed by atoms with E-state index in [9.17, 15) is 23.1 Å². The molecule has 8 heteroatoms. The lowest BCUT2D eigenvalue weighted by atomic mass is 10.00. The molecule has 2 aromatic carbocycles. The van der Waals surface area contributed by atoms with Gasteiger partial charge in [0.15, 0.2) is 0 Å². The first kappa shape index (κ1) is 28.2. The maximum absolute atomic E-state index is 12.9. The predicted molar refractivity (Wildman–Crippen MR) is 133 cm³/mol. The van der Waals surface area contributed by atoms with Crippen molar-refractivity contribution in [2.45, 2.75) is 84.2 Å². The number of oxime groups is 1. The molecule has 0 radical (unpaired) electrons. The summed E-state index contributed by atoms with van der Waals surface area (Å²) in [5, 5.41) is 16.5. The van der Waals surface area contributed by atoms with Crippen LogP contribution in [0, 0.1) is 6.92 Å². The summed E-state index contributed by atoms with van der Waals surface area (Å²) in [7, 11) is 0. The molecule has 0 fully saturated rings. The first-order valence-electron chi connectivity index (χ1n) is 12.2. The van der Waals surface area contributed by atoms with E-state index in [1.807, 2.05) is 6.92 Å². The fraction of sp³-hybridized carbons (Fsp3) is 0.481. The van der Waals surface area contributed by atoms with Crippen LogP contribution in [0.4, 0.5) is 23.7 Å². The lowest BCUT2D eigenvalue weighted by molar-refractivity contribution is -0.137. The normalized spacial score (nSPS) is 12.0. The van der Waals surface area contributed by atoms with Gasteiger partial charge in [0.25, 0.3) is 0 Å². The van der Waals surface area contributed by atoms with Crippen LogP contribution in [0.1, 0.15) is 87.8 Å². The minimum absolute atomic E-state index is 0.0205. The number of phenols is 1. The number of phenolic OH excluding ortho intramolecular Hbond substituents is 1. The van der Waals surface area contributed by atoms with Crippen molar-refractivity contribution < 1.29 is 27.9 Å². The Bertz CT molecular complexity index is 974. The van der Waals surface area contributed by atoms with Crippen LogP contribution < -0.4 is 5.32 Å². The summed E-state index contributed by atoms with van der Waals surface area (Å²) in [5.41, 5.74) is 0.851. The SMILES string of the molecule is CCCCCCCCCCC/C(=N\OC(=O)Nc1cccc(C(F)(F)F)c1)c1cc(C)ccc1O. The number of hydrogen-bond donors (Lipinski definition) is 2. The fourth-order valence-corrected chi connectivity index (χ4v) is 3.72. The molecule has 0 saturated carbocycles. The van der Waals surface area contributed by atoms with Gasteiger partial charge in [0.2, 0.25) is 0 Å². The van der Waals surface area contributed by atoms with Crippen LogP contribution in [-0.2, 0) is 11.0 Å².